The largest absolute Gasteiger partial charge is 0.443 e. The Morgan fingerprint density at radius 1 is 0.902 bits per heavy atom. The normalized spacial score (nSPS) is 14.3. The van der Waals surface area contributed by atoms with Gasteiger partial charge in [-0.1, -0.05) is 18.2 Å². The Bertz CT molecular complexity index is 2060. The summed E-state index contributed by atoms with van der Waals surface area (Å²) in [6, 6.07) is 12.5. The molecule has 1 saturated heterocycles. The molecule has 51 heavy (non-hydrogen) atoms. The fourth-order valence-corrected chi connectivity index (χ4v) is 6.27. The molecule has 0 unspecified atom stereocenters. The molecule has 0 spiro atoms. The van der Waals surface area contributed by atoms with Gasteiger partial charge in [-0.25, -0.2) is 23.9 Å². The average molecular weight is 697 g/mol. The summed E-state index contributed by atoms with van der Waals surface area (Å²) < 4.78 is 32.9. The predicted octanol–water partition coefficient (Wildman–Crippen LogP) is 8.38. The van der Waals surface area contributed by atoms with Crippen LogP contribution >= 0.6 is 0 Å². The number of rotatable bonds is 6. The maximum atomic E-state index is 14.1. The van der Waals surface area contributed by atoms with E-state index in [1.165, 1.54) is 17.7 Å². The fourth-order valence-electron chi connectivity index (χ4n) is 6.27. The lowest BCUT2D eigenvalue weighted by atomic mass is 9.89. The SMILES string of the molecule is CN(C)Cc1nc(-c2cnc(N(C(=O)OC(C)(C)C)C(=O)OC(C)(C)C)c3cc(-c4cnc5cc(F)ccn45)ccc23)ccc1C1CCOCC1. The van der Waals surface area contributed by atoms with Crippen LogP contribution in [0.5, 0.6) is 0 Å². The molecule has 6 rings (SSSR count). The van der Waals surface area contributed by atoms with Crippen LogP contribution in [0, 0.1) is 5.82 Å². The number of nitrogens with zero attached hydrogens (tertiary/aromatic N) is 6. The molecular weight excluding hydrogens is 651 g/mol. The lowest BCUT2D eigenvalue weighted by Gasteiger charge is -2.29. The summed E-state index contributed by atoms with van der Waals surface area (Å²) in [7, 11) is 4.04. The summed E-state index contributed by atoms with van der Waals surface area (Å²) in [4.78, 5) is 45.0. The van der Waals surface area contributed by atoms with Crippen LogP contribution in [0.15, 0.2) is 61.1 Å². The molecule has 1 aliphatic heterocycles. The Morgan fingerprint density at radius 3 is 2.24 bits per heavy atom. The number of halogens is 1. The first-order valence-corrected chi connectivity index (χ1v) is 17.1. The van der Waals surface area contributed by atoms with E-state index in [9.17, 15) is 14.0 Å². The van der Waals surface area contributed by atoms with Crippen LogP contribution in [-0.4, -0.2) is 75.0 Å². The van der Waals surface area contributed by atoms with E-state index in [0.29, 0.717) is 51.4 Å². The summed E-state index contributed by atoms with van der Waals surface area (Å²) in [6.07, 6.45) is 4.90. The molecule has 0 N–H and O–H groups in total. The van der Waals surface area contributed by atoms with Crippen molar-refractivity contribution < 1.29 is 28.2 Å². The van der Waals surface area contributed by atoms with Gasteiger partial charge in [0.25, 0.3) is 0 Å². The Kier molecular flexibility index (Phi) is 9.84. The number of imidazole rings is 1. The number of imide groups is 1. The number of hydrogen-bond acceptors (Lipinski definition) is 9. The van der Waals surface area contributed by atoms with E-state index in [1.807, 2.05) is 38.4 Å². The van der Waals surface area contributed by atoms with Crippen molar-refractivity contribution in [3.05, 3.63) is 78.1 Å². The standard InChI is InChI=1S/C39H45FN6O5/c1-38(2,3)50-36(47)46(37(48)51-39(4,5)6)35-29-19-25(33-22-41-34-20-26(40)13-16-45(33)34)9-10-28(29)30(21-42-35)31-12-11-27(24-14-17-49-18-15-24)32(43-31)23-44(7)8/h9-13,16,19-22,24H,14-15,17-18,23H2,1-8H3. The first-order chi connectivity index (χ1) is 24.1. The third-order valence-corrected chi connectivity index (χ3v) is 8.41. The summed E-state index contributed by atoms with van der Waals surface area (Å²) in [5.74, 6) is -0.0137. The van der Waals surface area contributed by atoms with Gasteiger partial charge in [0.1, 0.15) is 22.7 Å². The van der Waals surface area contributed by atoms with Crippen molar-refractivity contribution in [2.75, 3.05) is 32.2 Å². The van der Waals surface area contributed by atoms with Crippen molar-refractivity contribution in [2.45, 2.75) is 78.0 Å². The van der Waals surface area contributed by atoms with E-state index < -0.39 is 29.2 Å². The van der Waals surface area contributed by atoms with Crippen LogP contribution in [0.2, 0.25) is 0 Å². The minimum atomic E-state index is -0.929. The number of anilines is 1. The Labute approximate surface area is 297 Å². The highest BCUT2D eigenvalue weighted by molar-refractivity contribution is 6.15. The Balaban J connectivity index is 1.57. The number of carbonyl (C=O) groups is 2. The fraction of sp³-hybridized carbons (Fsp3) is 0.410. The number of fused-ring (bicyclic) bond motifs is 2. The molecule has 5 aromatic rings. The van der Waals surface area contributed by atoms with E-state index >= 15 is 0 Å². The van der Waals surface area contributed by atoms with Gasteiger partial charge in [-0.05, 0) is 104 Å². The van der Waals surface area contributed by atoms with Gasteiger partial charge in [-0.3, -0.25) is 9.38 Å². The maximum absolute atomic E-state index is 14.1. The highest BCUT2D eigenvalue weighted by atomic mass is 19.1. The molecule has 4 aromatic heterocycles. The molecule has 0 radical (unpaired) electrons. The number of hydrogen-bond donors (Lipinski definition) is 0. The number of amides is 2. The monoisotopic (exact) mass is 696 g/mol. The van der Waals surface area contributed by atoms with Gasteiger partial charge in [0, 0.05) is 54.7 Å². The second-order valence-corrected chi connectivity index (χ2v) is 15.1. The van der Waals surface area contributed by atoms with Crippen molar-refractivity contribution in [1.82, 2.24) is 24.3 Å². The molecule has 12 heteroatoms. The van der Waals surface area contributed by atoms with Gasteiger partial charge in [-0.2, -0.15) is 4.90 Å². The molecular formula is C39H45FN6O5. The highest BCUT2D eigenvalue weighted by Gasteiger charge is 2.35. The number of aromatic nitrogens is 4. The minimum Gasteiger partial charge on any atom is -0.443 e. The third kappa shape index (κ3) is 8.02. The highest BCUT2D eigenvalue weighted by Crippen LogP contribution is 2.38. The molecule has 5 heterocycles. The zero-order chi connectivity index (χ0) is 36.7. The van der Waals surface area contributed by atoms with Crippen LogP contribution < -0.4 is 4.90 Å². The average Bonchev–Trinajstić information content (AvgIpc) is 3.46. The zero-order valence-corrected chi connectivity index (χ0v) is 30.5. The number of benzene rings is 1. The second-order valence-electron chi connectivity index (χ2n) is 15.1. The molecule has 0 atom stereocenters. The van der Waals surface area contributed by atoms with Crippen LogP contribution in [0.3, 0.4) is 0 Å². The van der Waals surface area contributed by atoms with E-state index in [-0.39, 0.29) is 5.82 Å². The van der Waals surface area contributed by atoms with Gasteiger partial charge in [0.05, 0.1) is 23.3 Å². The van der Waals surface area contributed by atoms with E-state index in [0.717, 1.165) is 36.6 Å². The van der Waals surface area contributed by atoms with E-state index in [2.05, 4.69) is 16.0 Å². The van der Waals surface area contributed by atoms with Gasteiger partial charge in [0.2, 0.25) is 0 Å². The van der Waals surface area contributed by atoms with Crippen LogP contribution in [0.4, 0.5) is 19.8 Å². The summed E-state index contributed by atoms with van der Waals surface area (Å²) >= 11 is 0. The third-order valence-electron chi connectivity index (χ3n) is 8.41. The Hall–Kier alpha value is -4.94. The quantitative estimate of drug-likeness (QED) is 0.173. The van der Waals surface area contributed by atoms with E-state index in [1.54, 1.807) is 64.5 Å². The van der Waals surface area contributed by atoms with Crippen LogP contribution in [0.1, 0.15) is 71.6 Å². The summed E-state index contributed by atoms with van der Waals surface area (Å²) in [6.45, 7) is 12.4. The summed E-state index contributed by atoms with van der Waals surface area (Å²) in [5, 5.41) is 1.17. The molecule has 11 nitrogen and oxygen atoms in total. The number of ether oxygens (including phenoxy) is 3. The van der Waals surface area contributed by atoms with Gasteiger partial charge in [0.15, 0.2) is 5.82 Å². The van der Waals surface area contributed by atoms with Gasteiger partial charge < -0.3 is 19.1 Å². The van der Waals surface area contributed by atoms with Crippen molar-refractivity contribution in [2.24, 2.45) is 0 Å². The first kappa shape index (κ1) is 35.9. The predicted molar refractivity (Wildman–Crippen MR) is 194 cm³/mol. The molecule has 1 aliphatic rings. The number of pyridine rings is 3. The molecule has 2 amide bonds. The van der Waals surface area contributed by atoms with Crippen molar-refractivity contribution in [1.29, 1.82) is 0 Å². The molecule has 1 aromatic carbocycles. The van der Waals surface area contributed by atoms with Crippen molar-refractivity contribution >= 4 is 34.4 Å². The van der Waals surface area contributed by atoms with Gasteiger partial charge >= 0.3 is 12.2 Å². The topological polar surface area (TPSA) is 111 Å². The van der Waals surface area contributed by atoms with Crippen LogP contribution in [-0.2, 0) is 20.8 Å². The van der Waals surface area contributed by atoms with E-state index in [4.69, 9.17) is 24.2 Å². The summed E-state index contributed by atoms with van der Waals surface area (Å²) in [5.41, 5.74) is 3.58. The zero-order valence-electron chi connectivity index (χ0n) is 30.5. The lowest BCUT2D eigenvalue weighted by Crippen LogP contribution is -2.44. The molecule has 0 saturated carbocycles. The molecule has 0 aliphatic carbocycles. The van der Waals surface area contributed by atoms with Gasteiger partial charge in [-0.15, -0.1) is 0 Å². The molecule has 0 bridgehead atoms. The minimum absolute atomic E-state index is 0.0336. The van der Waals surface area contributed by atoms with Crippen LogP contribution in [0.25, 0.3) is 38.9 Å². The maximum Gasteiger partial charge on any atom is 0.425 e. The molecule has 268 valence electrons. The van der Waals surface area contributed by atoms with Crippen molar-refractivity contribution in [3.8, 4) is 22.5 Å². The second kappa shape index (κ2) is 14.0. The number of carbonyl (C=O) groups excluding carboxylic acids is 2. The smallest absolute Gasteiger partial charge is 0.425 e. The molecule has 1 fully saturated rings. The first-order valence-electron chi connectivity index (χ1n) is 17.1. The van der Waals surface area contributed by atoms with Crippen molar-refractivity contribution in [3.63, 3.8) is 0 Å². The Morgan fingerprint density at radius 2 is 1.59 bits per heavy atom. The lowest BCUT2D eigenvalue weighted by molar-refractivity contribution is 0.0429.